The van der Waals surface area contributed by atoms with E-state index < -0.39 is 7.14 Å². The Labute approximate surface area is 237 Å². The third-order valence-corrected chi connectivity index (χ3v) is 13.4. The van der Waals surface area contributed by atoms with E-state index in [0.717, 1.165) is 45.0 Å². The van der Waals surface area contributed by atoms with Crippen LogP contribution in [0.4, 0.5) is 0 Å². The molecular weight excluding hydrogens is 519 g/mol. The summed E-state index contributed by atoms with van der Waals surface area (Å²) in [5.41, 5.74) is -0.208. The zero-order valence-electron chi connectivity index (χ0n) is 22.6. The van der Waals surface area contributed by atoms with Gasteiger partial charge in [0, 0.05) is 29.1 Å². The number of benzene rings is 8. The van der Waals surface area contributed by atoms with Gasteiger partial charge in [0.15, 0.2) is 0 Å². The van der Waals surface area contributed by atoms with Crippen LogP contribution < -0.4 is 10.6 Å². The van der Waals surface area contributed by atoms with E-state index >= 15 is 4.57 Å². The standard InChI is InChI=1S/C38H27O2P/c39-29-8-3-9-30(22-29)41(40,33-20-16-27-12-10-23-4-1-6-25-14-18-31(33)37(27)35(23)25)34-21-17-28-13-11-24-5-2-7-26-15-19-32(34)38(28)36(24)26/h1-2,4-7,10-21,30H,3,8-9,22H2. The van der Waals surface area contributed by atoms with Crippen molar-refractivity contribution in [3.63, 3.8) is 0 Å². The summed E-state index contributed by atoms with van der Waals surface area (Å²) in [4.78, 5) is 12.9. The Balaban J connectivity index is 1.43. The number of carbonyl (C=O) groups is 1. The molecule has 0 saturated heterocycles. The van der Waals surface area contributed by atoms with E-state index in [0.29, 0.717) is 12.8 Å². The molecule has 1 saturated carbocycles. The van der Waals surface area contributed by atoms with Crippen LogP contribution in [0.1, 0.15) is 25.7 Å². The fourth-order valence-corrected chi connectivity index (χ4v) is 11.6. The molecule has 1 unspecified atom stereocenters. The SMILES string of the molecule is O=C1CCCC(P(=O)(c2ccc3ccc4cccc5ccc2c3c45)c2ccc3ccc4cccc5ccc2c3c45)C1. The fourth-order valence-electron chi connectivity index (χ4n) is 7.85. The average Bonchev–Trinajstić information content (AvgIpc) is 3.02. The van der Waals surface area contributed by atoms with Crippen molar-refractivity contribution in [2.75, 3.05) is 0 Å². The molecule has 1 fully saturated rings. The number of Topliss-reactive ketones (excluding diaryl/α,β-unsaturated/α-hetero) is 1. The van der Waals surface area contributed by atoms with Crippen LogP contribution >= 0.6 is 7.14 Å². The van der Waals surface area contributed by atoms with Gasteiger partial charge in [-0.05, 0) is 89.6 Å². The summed E-state index contributed by atoms with van der Waals surface area (Å²) in [5, 5.41) is 15.8. The molecule has 2 nitrogen and oxygen atoms in total. The molecule has 0 aliphatic heterocycles. The van der Waals surface area contributed by atoms with E-state index in [9.17, 15) is 4.79 Å². The Hall–Kier alpha value is -4.26. The van der Waals surface area contributed by atoms with Gasteiger partial charge in [-0.2, -0.15) is 0 Å². The average molecular weight is 547 g/mol. The van der Waals surface area contributed by atoms with Crippen LogP contribution in [-0.2, 0) is 9.36 Å². The van der Waals surface area contributed by atoms with E-state index in [1.807, 2.05) is 0 Å². The molecule has 0 bridgehead atoms. The van der Waals surface area contributed by atoms with Crippen molar-refractivity contribution in [3.05, 3.63) is 109 Å². The van der Waals surface area contributed by atoms with Crippen molar-refractivity contribution in [1.29, 1.82) is 0 Å². The highest BCUT2D eigenvalue weighted by molar-refractivity contribution is 7.80. The number of hydrogen-bond acceptors (Lipinski definition) is 2. The molecule has 1 atom stereocenters. The lowest BCUT2D eigenvalue weighted by Gasteiger charge is -2.33. The topological polar surface area (TPSA) is 34.1 Å². The summed E-state index contributed by atoms with van der Waals surface area (Å²) in [6, 6.07) is 38.8. The van der Waals surface area contributed by atoms with Gasteiger partial charge in [0.25, 0.3) is 0 Å². The van der Waals surface area contributed by atoms with Crippen LogP contribution in [0.5, 0.6) is 0 Å². The van der Waals surface area contributed by atoms with Crippen LogP contribution in [0, 0.1) is 0 Å². The first-order valence-electron chi connectivity index (χ1n) is 14.6. The summed E-state index contributed by atoms with van der Waals surface area (Å²) in [5.74, 6) is 0.233. The van der Waals surface area contributed by atoms with Crippen LogP contribution in [-0.4, -0.2) is 11.4 Å². The first-order chi connectivity index (χ1) is 20.1. The fraction of sp³-hybridized carbons (Fsp3) is 0.132. The second-order valence-electron chi connectivity index (χ2n) is 11.8. The molecule has 0 radical (unpaired) electrons. The van der Waals surface area contributed by atoms with Crippen LogP contribution in [0.3, 0.4) is 0 Å². The maximum Gasteiger partial charge on any atom is 0.147 e. The van der Waals surface area contributed by atoms with Crippen molar-refractivity contribution >= 4 is 88.2 Å². The third kappa shape index (κ3) is 3.14. The molecule has 1 aliphatic carbocycles. The van der Waals surface area contributed by atoms with Gasteiger partial charge in [-0.1, -0.05) is 97.1 Å². The predicted octanol–water partition coefficient (Wildman–Crippen LogP) is 9.31. The predicted molar refractivity (Wildman–Crippen MR) is 174 cm³/mol. The Kier molecular flexibility index (Phi) is 4.79. The monoisotopic (exact) mass is 546 g/mol. The van der Waals surface area contributed by atoms with Gasteiger partial charge in [-0.3, -0.25) is 4.79 Å². The summed E-state index contributed by atoms with van der Waals surface area (Å²) in [6.07, 6.45) is 2.56. The molecule has 196 valence electrons. The first kappa shape index (κ1) is 23.4. The van der Waals surface area contributed by atoms with Gasteiger partial charge in [-0.25, -0.2) is 0 Å². The lowest BCUT2D eigenvalue weighted by Crippen LogP contribution is -2.31. The van der Waals surface area contributed by atoms with Crippen molar-refractivity contribution in [3.8, 4) is 0 Å². The highest BCUT2D eigenvalue weighted by Gasteiger charge is 2.41. The Morgan fingerprint density at radius 3 is 1.39 bits per heavy atom. The van der Waals surface area contributed by atoms with E-state index in [2.05, 4.69) is 109 Å². The number of rotatable bonds is 3. The molecule has 0 amide bonds. The molecule has 3 heteroatoms. The van der Waals surface area contributed by atoms with Gasteiger partial charge in [-0.15, -0.1) is 0 Å². The zero-order valence-corrected chi connectivity index (χ0v) is 23.5. The molecule has 0 spiro atoms. The van der Waals surface area contributed by atoms with Crippen molar-refractivity contribution < 1.29 is 9.36 Å². The molecule has 0 N–H and O–H groups in total. The smallest absolute Gasteiger partial charge is 0.147 e. The van der Waals surface area contributed by atoms with Gasteiger partial charge >= 0.3 is 0 Å². The Bertz CT molecular complexity index is 2200. The van der Waals surface area contributed by atoms with E-state index in [-0.39, 0.29) is 11.4 Å². The minimum absolute atomic E-state index is 0.208. The summed E-state index contributed by atoms with van der Waals surface area (Å²) >= 11 is 0. The van der Waals surface area contributed by atoms with E-state index in [4.69, 9.17) is 0 Å². The molecule has 8 aromatic carbocycles. The number of ketones is 1. The molecule has 1 aliphatic rings. The van der Waals surface area contributed by atoms with E-state index in [1.54, 1.807) is 0 Å². The largest absolute Gasteiger partial charge is 0.313 e. The van der Waals surface area contributed by atoms with E-state index in [1.165, 1.54) is 43.1 Å². The van der Waals surface area contributed by atoms with Gasteiger partial charge < -0.3 is 4.57 Å². The lowest BCUT2D eigenvalue weighted by atomic mass is 9.94. The minimum Gasteiger partial charge on any atom is -0.313 e. The normalized spacial score (nSPS) is 16.8. The second kappa shape index (κ2) is 8.38. The van der Waals surface area contributed by atoms with Crippen molar-refractivity contribution in [1.82, 2.24) is 0 Å². The maximum atomic E-state index is 16.3. The molecule has 0 aromatic heterocycles. The maximum absolute atomic E-state index is 16.3. The Morgan fingerprint density at radius 1 is 0.512 bits per heavy atom. The second-order valence-corrected chi connectivity index (χ2v) is 14.8. The molecule has 41 heavy (non-hydrogen) atoms. The zero-order chi connectivity index (χ0) is 27.3. The van der Waals surface area contributed by atoms with Crippen LogP contribution in [0.15, 0.2) is 109 Å². The van der Waals surface area contributed by atoms with Crippen LogP contribution in [0.2, 0.25) is 0 Å². The number of hydrogen-bond donors (Lipinski definition) is 0. The highest BCUT2D eigenvalue weighted by Crippen LogP contribution is 2.57. The summed E-state index contributed by atoms with van der Waals surface area (Å²) < 4.78 is 16.3. The van der Waals surface area contributed by atoms with Gasteiger partial charge in [0.05, 0.1) is 0 Å². The number of carbonyl (C=O) groups excluding carboxylic acids is 1. The lowest BCUT2D eigenvalue weighted by molar-refractivity contribution is -0.120. The van der Waals surface area contributed by atoms with Crippen LogP contribution in [0.25, 0.3) is 64.6 Å². The molecule has 9 rings (SSSR count). The summed E-state index contributed by atoms with van der Waals surface area (Å²) in [6.45, 7) is 0. The quantitative estimate of drug-likeness (QED) is 0.163. The highest BCUT2D eigenvalue weighted by atomic mass is 31.2. The van der Waals surface area contributed by atoms with Crippen molar-refractivity contribution in [2.24, 2.45) is 0 Å². The Morgan fingerprint density at radius 2 is 0.927 bits per heavy atom. The molecular formula is C38H27O2P. The van der Waals surface area contributed by atoms with Crippen molar-refractivity contribution in [2.45, 2.75) is 31.3 Å². The van der Waals surface area contributed by atoms with Gasteiger partial charge in [0.2, 0.25) is 0 Å². The molecule has 0 heterocycles. The molecule has 8 aromatic rings. The summed E-state index contributed by atoms with van der Waals surface area (Å²) in [7, 11) is -3.27. The minimum atomic E-state index is -3.27. The first-order valence-corrected chi connectivity index (χ1v) is 16.3. The van der Waals surface area contributed by atoms with Gasteiger partial charge in [0.1, 0.15) is 12.9 Å². The third-order valence-electron chi connectivity index (χ3n) is 9.70.